The van der Waals surface area contributed by atoms with Crippen LogP contribution >= 0.6 is 0 Å². The highest BCUT2D eigenvalue weighted by atomic mass is 16.6. The molecule has 0 bridgehead atoms. The van der Waals surface area contributed by atoms with Crippen LogP contribution in [0.25, 0.3) is 11.1 Å². The fourth-order valence-electron chi connectivity index (χ4n) is 5.16. The summed E-state index contributed by atoms with van der Waals surface area (Å²) in [5, 5.41) is 9.50. The molecule has 5 rings (SSSR count). The van der Waals surface area contributed by atoms with Gasteiger partial charge in [-0.05, 0) is 80.4 Å². The number of amides is 2. The average molecular weight is 543 g/mol. The topological polar surface area (TPSA) is 76.6 Å². The third-order valence-corrected chi connectivity index (χ3v) is 7.41. The maximum atomic E-state index is 13.1. The fourth-order valence-corrected chi connectivity index (χ4v) is 5.16. The number of benzene rings is 3. The maximum absolute atomic E-state index is 13.1. The lowest BCUT2D eigenvalue weighted by molar-refractivity contribution is 0.0240. The average Bonchev–Trinajstić information content (AvgIpc) is 2.97. The zero-order valence-corrected chi connectivity index (χ0v) is 23.5. The van der Waals surface area contributed by atoms with E-state index in [0.717, 1.165) is 48.7 Å². The molecule has 0 unspecified atom stereocenters. The van der Waals surface area contributed by atoms with Gasteiger partial charge in [-0.25, -0.2) is 4.79 Å². The summed E-state index contributed by atoms with van der Waals surface area (Å²) in [6.45, 7) is 11.4. The molecule has 2 fully saturated rings. The summed E-state index contributed by atoms with van der Waals surface area (Å²) in [5.41, 5.74) is 4.52. The van der Waals surface area contributed by atoms with E-state index in [4.69, 9.17) is 4.74 Å². The first-order chi connectivity index (χ1) is 19.2. The predicted molar refractivity (Wildman–Crippen MR) is 158 cm³/mol. The quantitative estimate of drug-likeness (QED) is 0.496. The molecule has 0 aromatic heterocycles. The molecular weight excluding hydrogens is 504 g/mol. The Morgan fingerprint density at radius 3 is 1.50 bits per heavy atom. The number of nitrogens with zero attached hydrogens (tertiary/aromatic N) is 4. The number of carbonyl (C=O) groups excluding carboxylic acids is 2. The molecule has 210 valence electrons. The Hall–Kier alpha value is -4.20. The molecule has 0 spiro atoms. The summed E-state index contributed by atoms with van der Waals surface area (Å²) < 4.78 is 5.50. The van der Waals surface area contributed by atoms with E-state index < -0.39 is 5.60 Å². The minimum absolute atomic E-state index is 0.0535. The minimum Gasteiger partial charge on any atom is -0.508 e. The lowest BCUT2D eigenvalue weighted by Crippen LogP contribution is -2.50. The van der Waals surface area contributed by atoms with Gasteiger partial charge >= 0.3 is 6.09 Å². The summed E-state index contributed by atoms with van der Waals surface area (Å²) >= 11 is 0. The van der Waals surface area contributed by atoms with Crippen molar-refractivity contribution in [2.24, 2.45) is 0 Å². The highest BCUT2D eigenvalue weighted by Crippen LogP contribution is 2.25. The number of phenolic OH excluding ortho intramolecular Hbond substituents is 1. The van der Waals surface area contributed by atoms with Crippen molar-refractivity contribution in [3.8, 4) is 16.9 Å². The summed E-state index contributed by atoms with van der Waals surface area (Å²) in [6, 6.07) is 23.3. The summed E-state index contributed by atoms with van der Waals surface area (Å²) in [4.78, 5) is 33.8. The molecule has 8 heteroatoms. The van der Waals surface area contributed by atoms with E-state index >= 15 is 0 Å². The third kappa shape index (κ3) is 6.50. The predicted octanol–water partition coefficient (Wildman–Crippen LogP) is 5.08. The standard InChI is InChI=1S/C32H38N4O4/c1-32(2,3)40-31(39)36-22-18-34(19-23-36)28-12-10-27(11-13-28)33-16-20-35(21-17-33)30(38)26-6-4-24(5-7-26)25-8-14-29(37)15-9-25/h4-15,37H,16-23H2,1-3H3. The number of hydrogen-bond donors (Lipinski definition) is 1. The normalized spacial score (nSPS) is 16.2. The SMILES string of the molecule is CC(C)(C)OC(=O)N1CCN(c2ccc(N3CCN(C(=O)c4ccc(-c5ccc(O)cc5)cc4)CC3)cc2)CC1. The number of hydrogen-bond acceptors (Lipinski definition) is 6. The Balaban J connectivity index is 1.11. The number of carbonyl (C=O) groups is 2. The lowest BCUT2D eigenvalue weighted by Gasteiger charge is -2.38. The number of aromatic hydroxyl groups is 1. The highest BCUT2D eigenvalue weighted by molar-refractivity contribution is 5.95. The van der Waals surface area contributed by atoms with Crippen LogP contribution in [0.2, 0.25) is 0 Å². The van der Waals surface area contributed by atoms with Gasteiger partial charge in [0.05, 0.1) is 0 Å². The molecule has 0 atom stereocenters. The van der Waals surface area contributed by atoms with E-state index in [1.807, 2.05) is 62.1 Å². The van der Waals surface area contributed by atoms with Crippen molar-refractivity contribution in [1.29, 1.82) is 0 Å². The molecule has 1 N–H and O–H groups in total. The zero-order valence-electron chi connectivity index (χ0n) is 23.5. The van der Waals surface area contributed by atoms with Gasteiger partial charge in [-0.1, -0.05) is 24.3 Å². The summed E-state index contributed by atoms with van der Waals surface area (Å²) in [7, 11) is 0. The van der Waals surface area contributed by atoms with Gasteiger partial charge in [-0.3, -0.25) is 4.79 Å². The largest absolute Gasteiger partial charge is 0.508 e. The molecule has 2 aliphatic rings. The third-order valence-electron chi connectivity index (χ3n) is 7.41. The number of ether oxygens (including phenoxy) is 1. The van der Waals surface area contributed by atoms with Crippen LogP contribution in [0.3, 0.4) is 0 Å². The molecule has 0 radical (unpaired) electrons. The second kappa shape index (κ2) is 11.5. The molecule has 3 aromatic rings. The van der Waals surface area contributed by atoms with Gasteiger partial charge in [0.25, 0.3) is 5.91 Å². The van der Waals surface area contributed by atoms with Crippen molar-refractivity contribution < 1.29 is 19.4 Å². The maximum Gasteiger partial charge on any atom is 0.410 e. The molecule has 2 aliphatic heterocycles. The molecular formula is C32H38N4O4. The van der Waals surface area contributed by atoms with E-state index in [9.17, 15) is 14.7 Å². The van der Waals surface area contributed by atoms with E-state index in [1.165, 1.54) is 0 Å². The van der Waals surface area contributed by atoms with Crippen LogP contribution in [0.1, 0.15) is 31.1 Å². The monoisotopic (exact) mass is 542 g/mol. The Labute approximate surface area is 236 Å². The van der Waals surface area contributed by atoms with Crippen LogP contribution in [-0.2, 0) is 4.74 Å². The highest BCUT2D eigenvalue weighted by Gasteiger charge is 2.26. The van der Waals surface area contributed by atoms with E-state index in [1.54, 1.807) is 17.0 Å². The summed E-state index contributed by atoms with van der Waals surface area (Å²) in [5.74, 6) is 0.290. The Morgan fingerprint density at radius 1 is 0.625 bits per heavy atom. The van der Waals surface area contributed by atoms with Gasteiger partial charge < -0.3 is 29.4 Å². The molecule has 2 saturated heterocycles. The molecule has 8 nitrogen and oxygen atoms in total. The van der Waals surface area contributed by atoms with E-state index in [-0.39, 0.29) is 17.7 Å². The molecule has 2 heterocycles. The molecule has 2 amide bonds. The second-order valence-electron chi connectivity index (χ2n) is 11.4. The summed E-state index contributed by atoms with van der Waals surface area (Å²) in [6.07, 6.45) is -0.244. The van der Waals surface area contributed by atoms with Crippen molar-refractivity contribution in [1.82, 2.24) is 9.80 Å². The Kier molecular flexibility index (Phi) is 7.87. The van der Waals surface area contributed by atoms with E-state index in [2.05, 4.69) is 34.1 Å². The van der Waals surface area contributed by atoms with Crippen molar-refractivity contribution >= 4 is 23.4 Å². The lowest BCUT2D eigenvalue weighted by atomic mass is 10.0. The van der Waals surface area contributed by atoms with Gasteiger partial charge in [0, 0.05) is 69.3 Å². The first kappa shape index (κ1) is 27.4. The van der Waals surface area contributed by atoms with Gasteiger partial charge in [0.1, 0.15) is 11.4 Å². The van der Waals surface area contributed by atoms with Crippen LogP contribution in [0.4, 0.5) is 16.2 Å². The Morgan fingerprint density at radius 2 is 1.05 bits per heavy atom. The van der Waals surface area contributed by atoms with Crippen LogP contribution < -0.4 is 9.80 Å². The van der Waals surface area contributed by atoms with Gasteiger partial charge in [0.2, 0.25) is 0 Å². The van der Waals surface area contributed by atoms with Crippen LogP contribution in [0.15, 0.2) is 72.8 Å². The second-order valence-corrected chi connectivity index (χ2v) is 11.4. The smallest absolute Gasteiger partial charge is 0.410 e. The first-order valence-corrected chi connectivity index (χ1v) is 13.9. The van der Waals surface area contributed by atoms with E-state index in [0.29, 0.717) is 31.7 Å². The number of piperazine rings is 2. The molecule has 3 aromatic carbocycles. The van der Waals surface area contributed by atoms with Crippen molar-refractivity contribution in [2.45, 2.75) is 26.4 Å². The van der Waals surface area contributed by atoms with Crippen molar-refractivity contribution in [2.75, 3.05) is 62.2 Å². The zero-order chi connectivity index (χ0) is 28.3. The molecule has 0 aliphatic carbocycles. The van der Waals surface area contributed by atoms with Crippen LogP contribution in [-0.4, -0.2) is 84.9 Å². The van der Waals surface area contributed by atoms with Gasteiger partial charge in [-0.2, -0.15) is 0 Å². The molecule has 40 heavy (non-hydrogen) atoms. The number of phenols is 1. The van der Waals surface area contributed by atoms with Crippen molar-refractivity contribution in [3.05, 3.63) is 78.4 Å². The molecule has 0 saturated carbocycles. The Bertz CT molecular complexity index is 1300. The first-order valence-electron chi connectivity index (χ1n) is 13.9. The van der Waals surface area contributed by atoms with Gasteiger partial charge in [0.15, 0.2) is 0 Å². The fraction of sp³-hybridized carbons (Fsp3) is 0.375. The van der Waals surface area contributed by atoms with Crippen LogP contribution in [0, 0.1) is 0 Å². The van der Waals surface area contributed by atoms with Crippen molar-refractivity contribution in [3.63, 3.8) is 0 Å². The number of rotatable bonds is 4. The number of anilines is 2. The van der Waals surface area contributed by atoms with Crippen LogP contribution in [0.5, 0.6) is 5.75 Å². The minimum atomic E-state index is -0.482. The van der Waals surface area contributed by atoms with Gasteiger partial charge in [-0.15, -0.1) is 0 Å².